The van der Waals surface area contributed by atoms with Gasteiger partial charge in [-0.05, 0) is 49.7 Å². The first-order chi connectivity index (χ1) is 13.2. The van der Waals surface area contributed by atoms with Gasteiger partial charge in [-0.15, -0.1) is 0 Å². The Labute approximate surface area is 164 Å². The number of benzene rings is 2. The lowest BCUT2D eigenvalue weighted by molar-refractivity contribution is 0.0846. The van der Waals surface area contributed by atoms with Crippen molar-refractivity contribution in [3.8, 4) is 0 Å². The van der Waals surface area contributed by atoms with E-state index in [9.17, 15) is 18.0 Å². The lowest BCUT2D eigenvalue weighted by atomic mass is 10.1. The van der Waals surface area contributed by atoms with E-state index in [1.54, 1.807) is 32.0 Å². The summed E-state index contributed by atoms with van der Waals surface area (Å²) in [4.78, 5) is 24.3. The quantitative estimate of drug-likeness (QED) is 0.603. The van der Waals surface area contributed by atoms with Crippen LogP contribution in [0.5, 0.6) is 0 Å². The first-order valence-electron chi connectivity index (χ1n) is 8.52. The fourth-order valence-corrected chi connectivity index (χ4v) is 3.71. The average molecular weight is 405 g/mol. The van der Waals surface area contributed by atoms with Crippen LogP contribution in [-0.2, 0) is 14.8 Å². The molecule has 150 valence electrons. The summed E-state index contributed by atoms with van der Waals surface area (Å²) in [5.74, 6) is -1.01. The smallest absolute Gasteiger partial charge is 0.269 e. The predicted octanol–water partition coefficient (Wildman–Crippen LogP) is 1.38. The molecular weight excluding hydrogens is 382 g/mol. The Hall–Kier alpha value is -2.75. The van der Waals surface area contributed by atoms with Crippen molar-refractivity contribution in [3.63, 3.8) is 0 Å². The van der Waals surface area contributed by atoms with Crippen LogP contribution in [0.2, 0.25) is 0 Å². The van der Waals surface area contributed by atoms with Gasteiger partial charge in [-0.1, -0.05) is 18.2 Å². The molecule has 0 aliphatic carbocycles. The second kappa shape index (κ2) is 9.45. The first-order valence-corrected chi connectivity index (χ1v) is 10.0. The van der Waals surface area contributed by atoms with E-state index in [0.717, 1.165) is 5.56 Å². The fourth-order valence-electron chi connectivity index (χ4n) is 2.48. The van der Waals surface area contributed by atoms with Crippen molar-refractivity contribution in [2.45, 2.75) is 24.8 Å². The molecule has 0 radical (unpaired) electrons. The fraction of sp³-hybridized carbons (Fsp3) is 0.263. The molecule has 0 fully saturated rings. The summed E-state index contributed by atoms with van der Waals surface area (Å²) in [6.45, 7) is 3.71. The molecule has 0 spiro atoms. The maximum Gasteiger partial charge on any atom is 0.269 e. The summed E-state index contributed by atoms with van der Waals surface area (Å²) in [6, 6.07) is 11.9. The van der Waals surface area contributed by atoms with Gasteiger partial charge in [-0.3, -0.25) is 20.4 Å². The molecule has 28 heavy (non-hydrogen) atoms. The number of hydrazine groups is 1. The Morgan fingerprint density at radius 1 is 1.00 bits per heavy atom. The number of methoxy groups -OCH3 is 1. The van der Waals surface area contributed by atoms with Crippen LogP contribution < -0.4 is 15.6 Å². The topological polar surface area (TPSA) is 114 Å². The highest BCUT2D eigenvalue weighted by Gasteiger charge is 2.18. The van der Waals surface area contributed by atoms with Gasteiger partial charge in [0.25, 0.3) is 11.8 Å². The van der Waals surface area contributed by atoms with Crippen molar-refractivity contribution in [2.24, 2.45) is 0 Å². The van der Waals surface area contributed by atoms with Gasteiger partial charge >= 0.3 is 0 Å². The normalized spacial score (nSPS) is 12.2. The number of sulfonamides is 1. The molecule has 9 heteroatoms. The van der Waals surface area contributed by atoms with E-state index in [4.69, 9.17) is 4.74 Å². The zero-order valence-electron chi connectivity index (χ0n) is 15.9. The van der Waals surface area contributed by atoms with Crippen LogP contribution in [0.1, 0.15) is 33.2 Å². The van der Waals surface area contributed by atoms with Crippen LogP contribution in [0.25, 0.3) is 0 Å². The van der Waals surface area contributed by atoms with Crippen molar-refractivity contribution in [1.82, 2.24) is 15.6 Å². The van der Waals surface area contributed by atoms with E-state index in [-0.39, 0.29) is 17.1 Å². The molecule has 0 saturated carbocycles. The van der Waals surface area contributed by atoms with E-state index in [0.29, 0.717) is 5.56 Å². The number of aryl methyl sites for hydroxylation is 1. The molecule has 0 unspecified atom stereocenters. The number of carbonyl (C=O) groups is 2. The van der Waals surface area contributed by atoms with Crippen molar-refractivity contribution in [3.05, 3.63) is 65.2 Å². The highest BCUT2D eigenvalue weighted by atomic mass is 32.2. The van der Waals surface area contributed by atoms with Crippen LogP contribution >= 0.6 is 0 Å². The van der Waals surface area contributed by atoms with Gasteiger partial charge in [-0.25, -0.2) is 13.1 Å². The van der Waals surface area contributed by atoms with E-state index in [1.165, 1.54) is 31.4 Å². The van der Waals surface area contributed by atoms with Crippen LogP contribution in [-0.4, -0.2) is 40.0 Å². The SMILES string of the molecule is COC[C@H](C)NS(=O)(=O)c1ccc(C(=O)NNC(=O)c2ccccc2C)cc1. The molecule has 2 rings (SSSR count). The maximum absolute atomic E-state index is 12.3. The minimum atomic E-state index is -3.72. The van der Waals surface area contributed by atoms with E-state index in [2.05, 4.69) is 15.6 Å². The molecular formula is C19H23N3O5S. The molecule has 0 aliphatic rings. The average Bonchev–Trinajstić information content (AvgIpc) is 2.66. The number of hydrogen-bond acceptors (Lipinski definition) is 5. The van der Waals surface area contributed by atoms with E-state index >= 15 is 0 Å². The highest BCUT2D eigenvalue weighted by molar-refractivity contribution is 7.89. The van der Waals surface area contributed by atoms with Crippen LogP contribution in [0.4, 0.5) is 0 Å². The van der Waals surface area contributed by atoms with Crippen molar-refractivity contribution in [1.29, 1.82) is 0 Å². The summed E-state index contributed by atoms with van der Waals surface area (Å²) in [6.07, 6.45) is 0. The lowest BCUT2D eigenvalue weighted by Gasteiger charge is -2.13. The molecule has 8 nitrogen and oxygen atoms in total. The van der Waals surface area contributed by atoms with Gasteiger partial charge in [0.2, 0.25) is 10.0 Å². The Balaban J connectivity index is 2.00. The van der Waals surface area contributed by atoms with Gasteiger partial charge < -0.3 is 4.74 Å². The molecule has 3 N–H and O–H groups in total. The Bertz CT molecular complexity index is 942. The summed E-state index contributed by atoms with van der Waals surface area (Å²) < 4.78 is 31.9. The largest absolute Gasteiger partial charge is 0.383 e. The summed E-state index contributed by atoms with van der Waals surface area (Å²) in [7, 11) is -2.24. The van der Waals surface area contributed by atoms with Crippen molar-refractivity contribution < 1.29 is 22.7 Å². The predicted molar refractivity (Wildman–Crippen MR) is 104 cm³/mol. The number of hydrogen-bond donors (Lipinski definition) is 3. The molecule has 0 aliphatic heterocycles. The van der Waals surface area contributed by atoms with Gasteiger partial charge in [0.15, 0.2) is 0 Å². The molecule has 2 aromatic rings. The Morgan fingerprint density at radius 2 is 1.61 bits per heavy atom. The third-order valence-corrected chi connectivity index (χ3v) is 5.48. The van der Waals surface area contributed by atoms with Gasteiger partial charge in [0, 0.05) is 24.3 Å². The molecule has 0 saturated heterocycles. The van der Waals surface area contributed by atoms with Gasteiger partial charge in [0.05, 0.1) is 11.5 Å². The third-order valence-electron chi connectivity index (χ3n) is 3.88. The summed E-state index contributed by atoms with van der Waals surface area (Å²) in [5.41, 5.74) is 6.08. The number of amides is 2. The summed E-state index contributed by atoms with van der Waals surface area (Å²) in [5, 5.41) is 0. The van der Waals surface area contributed by atoms with E-state index < -0.39 is 27.9 Å². The zero-order chi connectivity index (χ0) is 20.7. The number of carbonyl (C=O) groups excluding carboxylic acids is 2. The van der Waals surface area contributed by atoms with Crippen molar-refractivity contribution in [2.75, 3.05) is 13.7 Å². The van der Waals surface area contributed by atoms with Gasteiger partial charge in [0.1, 0.15) is 0 Å². The lowest BCUT2D eigenvalue weighted by Crippen LogP contribution is -2.41. The molecule has 1 atom stereocenters. The molecule has 0 aromatic heterocycles. The van der Waals surface area contributed by atoms with E-state index in [1.807, 2.05) is 6.07 Å². The maximum atomic E-state index is 12.3. The second-order valence-corrected chi connectivity index (χ2v) is 7.94. The monoisotopic (exact) mass is 405 g/mol. The third kappa shape index (κ3) is 5.62. The molecule has 0 bridgehead atoms. The molecule has 0 heterocycles. The zero-order valence-corrected chi connectivity index (χ0v) is 16.7. The molecule has 2 aromatic carbocycles. The highest BCUT2D eigenvalue weighted by Crippen LogP contribution is 2.11. The standard InChI is InChI=1S/C19H23N3O5S/c1-13-6-4-5-7-17(13)19(24)21-20-18(23)15-8-10-16(11-9-15)28(25,26)22-14(2)12-27-3/h4-11,14,22H,12H2,1-3H3,(H,20,23)(H,21,24)/t14-/m0/s1. The summed E-state index contributed by atoms with van der Waals surface area (Å²) >= 11 is 0. The Kier molecular flexibility index (Phi) is 7.27. The Morgan fingerprint density at radius 3 is 2.21 bits per heavy atom. The second-order valence-electron chi connectivity index (χ2n) is 6.23. The van der Waals surface area contributed by atoms with Gasteiger partial charge in [-0.2, -0.15) is 0 Å². The molecule has 2 amide bonds. The number of ether oxygens (including phenoxy) is 1. The van der Waals surface area contributed by atoms with Crippen LogP contribution in [0, 0.1) is 6.92 Å². The minimum Gasteiger partial charge on any atom is -0.383 e. The first kappa shape index (κ1) is 21.5. The van der Waals surface area contributed by atoms with Crippen LogP contribution in [0.15, 0.2) is 53.4 Å². The number of rotatable bonds is 7. The number of nitrogens with one attached hydrogen (secondary N) is 3. The minimum absolute atomic E-state index is 0.0240. The van der Waals surface area contributed by atoms with Crippen LogP contribution in [0.3, 0.4) is 0 Å². The van der Waals surface area contributed by atoms with Crippen molar-refractivity contribution >= 4 is 21.8 Å².